The van der Waals surface area contributed by atoms with Gasteiger partial charge in [-0.15, -0.1) is 16.8 Å². The monoisotopic (exact) mass is 268 g/mol. The number of anilines is 2. The number of rotatable bonds is 5. The van der Waals surface area contributed by atoms with Crippen molar-refractivity contribution in [1.82, 2.24) is 10.2 Å². The molecule has 1 amide bonds. The Morgan fingerprint density at radius 1 is 1.20 bits per heavy atom. The van der Waals surface area contributed by atoms with E-state index >= 15 is 0 Å². The van der Waals surface area contributed by atoms with Crippen molar-refractivity contribution >= 4 is 17.5 Å². The summed E-state index contributed by atoms with van der Waals surface area (Å²) >= 11 is 0. The van der Waals surface area contributed by atoms with Crippen LogP contribution in [0, 0.1) is 6.92 Å². The highest BCUT2D eigenvalue weighted by Gasteiger charge is 2.09. The van der Waals surface area contributed by atoms with Gasteiger partial charge in [-0.2, -0.15) is 0 Å². The first kappa shape index (κ1) is 13.7. The van der Waals surface area contributed by atoms with E-state index in [1.54, 1.807) is 24.3 Å². The van der Waals surface area contributed by atoms with Crippen LogP contribution in [0.4, 0.5) is 11.6 Å². The zero-order valence-corrected chi connectivity index (χ0v) is 11.3. The number of aromatic nitrogens is 2. The number of carbonyl (C=O) groups is 1. The molecule has 2 aromatic rings. The number of hydrogen-bond donors (Lipinski definition) is 2. The van der Waals surface area contributed by atoms with E-state index in [-0.39, 0.29) is 5.91 Å². The molecule has 1 aromatic heterocycles. The molecule has 0 atom stereocenters. The van der Waals surface area contributed by atoms with Gasteiger partial charge in [0.05, 0.1) is 0 Å². The molecule has 0 saturated carbocycles. The third kappa shape index (κ3) is 3.41. The standard InChI is InChI=1S/C15H16N4O/c1-3-10-16-13-8-9-14(19-18-13)17-15(20)12-7-5-4-6-11(12)2/h3-9H,1,10H2,2H3,(H,16,18)(H,17,19,20). The molecule has 2 rings (SSSR count). The van der Waals surface area contributed by atoms with Gasteiger partial charge in [0.15, 0.2) is 5.82 Å². The molecule has 0 spiro atoms. The minimum absolute atomic E-state index is 0.191. The smallest absolute Gasteiger partial charge is 0.257 e. The molecule has 0 fully saturated rings. The number of hydrogen-bond acceptors (Lipinski definition) is 4. The number of nitrogens with one attached hydrogen (secondary N) is 2. The minimum atomic E-state index is -0.191. The van der Waals surface area contributed by atoms with Crippen LogP contribution in [-0.2, 0) is 0 Å². The van der Waals surface area contributed by atoms with Gasteiger partial charge in [0.1, 0.15) is 5.82 Å². The summed E-state index contributed by atoms with van der Waals surface area (Å²) in [5, 5.41) is 13.6. The summed E-state index contributed by atoms with van der Waals surface area (Å²) in [6.45, 7) is 6.11. The van der Waals surface area contributed by atoms with Gasteiger partial charge in [-0.3, -0.25) is 4.79 Å². The van der Waals surface area contributed by atoms with Crippen LogP contribution in [0.2, 0.25) is 0 Å². The zero-order valence-electron chi connectivity index (χ0n) is 11.3. The van der Waals surface area contributed by atoms with E-state index in [4.69, 9.17) is 0 Å². The number of amides is 1. The molecule has 0 aliphatic rings. The first-order chi connectivity index (χ1) is 9.70. The predicted molar refractivity (Wildman–Crippen MR) is 79.9 cm³/mol. The molecular formula is C15H16N4O. The average Bonchev–Trinajstić information content (AvgIpc) is 2.47. The van der Waals surface area contributed by atoms with Crippen molar-refractivity contribution < 1.29 is 4.79 Å². The summed E-state index contributed by atoms with van der Waals surface area (Å²) < 4.78 is 0. The number of benzene rings is 1. The molecule has 102 valence electrons. The highest BCUT2D eigenvalue weighted by atomic mass is 16.1. The molecule has 5 nitrogen and oxygen atoms in total. The molecular weight excluding hydrogens is 252 g/mol. The van der Waals surface area contributed by atoms with Gasteiger partial charge in [-0.05, 0) is 30.7 Å². The molecule has 0 saturated heterocycles. The topological polar surface area (TPSA) is 66.9 Å². The summed E-state index contributed by atoms with van der Waals surface area (Å²) in [5.41, 5.74) is 1.55. The predicted octanol–water partition coefficient (Wildman–Crippen LogP) is 2.64. The Hall–Kier alpha value is -2.69. The van der Waals surface area contributed by atoms with Crippen molar-refractivity contribution in [3.05, 3.63) is 60.2 Å². The van der Waals surface area contributed by atoms with Gasteiger partial charge in [-0.25, -0.2) is 0 Å². The van der Waals surface area contributed by atoms with Crippen molar-refractivity contribution in [2.75, 3.05) is 17.2 Å². The van der Waals surface area contributed by atoms with Crippen molar-refractivity contribution in [3.8, 4) is 0 Å². The average molecular weight is 268 g/mol. The Labute approximate surface area is 117 Å². The number of carbonyl (C=O) groups excluding carboxylic acids is 1. The lowest BCUT2D eigenvalue weighted by molar-refractivity contribution is 0.102. The lowest BCUT2D eigenvalue weighted by Gasteiger charge is -2.07. The highest BCUT2D eigenvalue weighted by molar-refractivity contribution is 6.04. The summed E-state index contributed by atoms with van der Waals surface area (Å²) in [5.74, 6) is 0.866. The van der Waals surface area contributed by atoms with E-state index < -0.39 is 0 Å². The Kier molecular flexibility index (Phi) is 4.44. The maximum Gasteiger partial charge on any atom is 0.257 e. The lowest BCUT2D eigenvalue weighted by atomic mass is 10.1. The Balaban J connectivity index is 2.05. The number of aryl methyl sites for hydroxylation is 1. The summed E-state index contributed by atoms with van der Waals surface area (Å²) in [6.07, 6.45) is 1.73. The molecule has 0 aliphatic carbocycles. The van der Waals surface area contributed by atoms with E-state index in [9.17, 15) is 4.79 Å². The van der Waals surface area contributed by atoms with Gasteiger partial charge in [0, 0.05) is 12.1 Å². The SMILES string of the molecule is C=CCNc1ccc(NC(=O)c2ccccc2C)nn1. The second-order valence-corrected chi connectivity index (χ2v) is 4.24. The zero-order chi connectivity index (χ0) is 14.4. The van der Waals surface area contributed by atoms with E-state index in [0.29, 0.717) is 23.7 Å². The van der Waals surface area contributed by atoms with Crippen molar-refractivity contribution in [2.24, 2.45) is 0 Å². The fourth-order valence-corrected chi connectivity index (χ4v) is 1.68. The molecule has 0 unspecified atom stereocenters. The molecule has 0 radical (unpaired) electrons. The molecule has 5 heteroatoms. The van der Waals surface area contributed by atoms with Gasteiger partial charge < -0.3 is 10.6 Å². The third-order valence-corrected chi connectivity index (χ3v) is 2.72. The summed E-state index contributed by atoms with van der Waals surface area (Å²) in [4.78, 5) is 12.1. The summed E-state index contributed by atoms with van der Waals surface area (Å²) in [6, 6.07) is 10.8. The molecule has 0 bridgehead atoms. The first-order valence-electron chi connectivity index (χ1n) is 6.26. The number of nitrogens with zero attached hydrogens (tertiary/aromatic N) is 2. The van der Waals surface area contributed by atoms with E-state index in [1.807, 2.05) is 25.1 Å². The van der Waals surface area contributed by atoms with Crippen LogP contribution >= 0.6 is 0 Å². The second kappa shape index (κ2) is 6.47. The van der Waals surface area contributed by atoms with Crippen molar-refractivity contribution in [3.63, 3.8) is 0 Å². The van der Waals surface area contributed by atoms with Crippen LogP contribution in [0.5, 0.6) is 0 Å². The maximum absolute atomic E-state index is 12.1. The fraction of sp³-hybridized carbons (Fsp3) is 0.133. The third-order valence-electron chi connectivity index (χ3n) is 2.72. The molecule has 20 heavy (non-hydrogen) atoms. The Morgan fingerprint density at radius 3 is 2.55 bits per heavy atom. The molecule has 0 aliphatic heterocycles. The van der Waals surface area contributed by atoms with Crippen LogP contribution in [0.1, 0.15) is 15.9 Å². The quantitative estimate of drug-likeness (QED) is 0.818. The van der Waals surface area contributed by atoms with Gasteiger partial charge >= 0.3 is 0 Å². The normalized spacial score (nSPS) is 9.85. The van der Waals surface area contributed by atoms with E-state index in [0.717, 1.165) is 5.56 Å². The van der Waals surface area contributed by atoms with Crippen LogP contribution in [0.25, 0.3) is 0 Å². The van der Waals surface area contributed by atoms with Crippen LogP contribution in [0.3, 0.4) is 0 Å². The highest BCUT2D eigenvalue weighted by Crippen LogP contribution is 2.11. The van der Waals surface area contributed by atoms with Gasteiger partial charge in [0.2, 0.25) is 0 Å². The fourth-order valence-electron chi connectivity index (χ4n) is 1.68. The summed E-state index contributed by atoms with van der Waals surface area (Å²) in [7, 11) is 0. The Morgan fingerprint density at radius 2 is 1.90 bits per heavy atom. The van der Waals surface area contributed by atoms with Gasteiger partial charge in [-0.1, -0.05) is 24.3 Å². The van der Waals surface area contributed by atoms with Crippen molar-refractivity contribution in [2.45, 2.75) is 6.92 Å². The minimum Gasteiger partial charge on any atom is -0.365 e. The largest absolute Gasteiger partial charge is 0.365 e. The first-order valence-corrected chi connectivity index (χ1v) is 6.26. The molecule has 1 aromatic carbocycles. The lowest BCUT2D eigenvalue weighted by Crippen LogP contribution is -2.14. The van der Waals surface area contributed by atoms with Crippen LogP contribution in [-0.4, -0.2) is 22.6 Å². The van der Waals surface area contributed by atoms with E-state index in [2.05, 4.69) is 27.4 Å². The molecule has 2 N–H and O–H groups in total. The van der Waals surface area contributed by atoms with E-state index in [1.165, 1.54) is 0 Å². The van der Waals surface area contributed by atoms with Crippen molar-refractivity contribution in [1.29, 1.82) is 0 Å². The second-order valence-electron chi connectivity index (χ2n) is 4.24. The maximum atomic E-state index is 12.1. The van der Waals surface area contributed by atoms with Gasteiger partial charge in [0.25, 0.3) is 5.91 Å². The van der Waals surface area contributed by atoms with Crippen LogP contribution in [0.15, 0.2) is 49.1 Å². The molecule has 1 heterocycles. The Bertz CT molecular complexity index is 608. The van der Waals surface area contributed by atoms with Crippen LogP contribution < -0.4 is 10.6 Å².